The molecule has 9 heteroatoms. The molecule has 0 saturated carbocycles. The number of aromatic nitrogens is 2. The number of fused-ring (bicyclic) bond motifs is 1. The van der Waals surface area contributed by atoms with E-state index in [1.807, 2.05) is 0 Å². The van der Waals surface area contributed by atoms with Crippen LogP contribution in [-0.2, 0) is 11.0 Å². The quantitative estimate of drug-likeness (QED) is 0.901. The van der Waals surface area contributed by atoms with Crippen molar-refractivity contribution in [1.82, 2.24) is 14.5 Å². The first-order valence-electron chi connectivity index (χ1n) is 8.24. The Kier molecular flexibility index (Phi) is 4.41. The Morgan fingerprint density at radius 1 is 1.31 bits per heavy atom. The standard InChI is InChI=1S/C17H18F3N3O3/c1-9(2)23-12-6-5-10(8-11(12)21-16(23)17(18,19)20)14(24)22-7-3-4-13(22)15(25)26/h5-6,8-9,13H,3-4,7H2,1-2H3,(H,25,26)/t13-/m0/s1. The van der Waals surface area contributed by atoms with Gasteiger partial charge in [-0.25, -0.2) is 9.78 Å². The third-order valence-electron chi connectivity index (χ3n) is 4.51. The number of imidazole rings is 1. The van der Waals surface area contributed by atoms with Gasteiger partial charge in [0.1, 0.15) is 6.04 Å². The van der Waals surface area contributed by atoms with Crippen molar-refractivity contribution in [3.05, 3.63) is 29.6 Å². The normalized spacial score (nSPS) is 18.1. The summed E-state index contributed by atoms with van der Waals surface area (Å²) in [5.41, 5.74) is 0.468. The molecular formula is C17H18F3N3O3. The topological polar surface area (TPSA) is 75.4 Å². The van der Waals surface area contributed by atoms with Crippen LogP contribution in [0.2, 0.25) is 0 Å². The molecule has 1 saturated heterocycles. The second kappa shape index (κ2) is 6.30. The average Bonchev–Trinajstić information content (AvgIpc) is 3.17. The van der Waals surface area contributed by atoms with Crippen molar-refractivity contribution < 1.29 is 27.9 Å². The largest absolute Gasteiger partial charge is 0.480 e. The van der Waals surface area contributed by atoms with Gasteiger partial charge in [-0.2, -0.15) is 13.2 Å². The van der Waals surface area contributed by atoms with Crippen LogP contribution in [0.15, 0.2) is 18.2 Å². The van der Waals surface area contributed by atoms with E-state index in [0.29, 0.717) is 19.4 Å². The zero-order valence-electron chi connectivity index (χ0n) is 14.2. The lowest BCUT2D eigenvalue weighted by Crippen LogP contribution is -2.40. The van der Waals surface area contributed by atoms with Gasteiger partial charge in [0.25, 0.3) is 5.91 Å². The molecule has 1 aromatic heterocycles. The minimum Gasteiger partial charge on any atom is -0.480 e. The maximum Gasteiger partial charge on any atom is 0.449 e. The van der Waals surface area contributed by atoms with Gasteiger partial charge in [-0.15, -0.1) is 0 Å². The van der Waals surface area contributed by atoms with E-state index in [0.717, 1.165) is 4.57 Å². The number of rotatable bonds is 3. The molecule has 2 aromatic rings. The number of carbonyl (C=O) groups excluding carboxylic acids is 1. The van der Waals surface area contributed by atoms with E-state index in [4.69, 9.17) is 0 Å². The zero-order valence-corrected chi connectivity index (χ0v) is 14.2. The van der Waals surface area contributed by atoms with E-state index in [2.05, 4.69) is 4.98 Å². The van der Waals surface area contributed by atoms with E-state index in [1.54, 1.807) is 13.8 Å². The number of carboxylic acids is 1. The number of carbonyl (C=O) groups is 2. The molecule has 0 radical (unpaired) electrons. The summed E-state index contributed by atoms with van der Waals surface area (Å²) in [7, 11) is 0. The minimum atomic E-state index is -4.61. The van der Waals surface area contributed by atoms with Crippen LogP contribution in [-0.4, -0.2) is 44.0 Å². The molecule has 3 rings (SSSR count). The summed E-state index contributed by atoms with van der Waals surface area (Å²) >= 11 is 0. The minimum absolute atomic E-state index is 0.0583. The number of hydrogen-bond donors (Lipinski definition) is 1. The molecule has 0 spiro atoms. The lowest BCUT2D eigenvalue weighted by molar-refractivity contribution is -0.147. The highest BCUT2D eigenvalue weighted by molar-refractivity contribution is 5.99. The maximum atomic E-state index is 13.3. The van der Waals surface area contributed by atoms with E-state index >= 15 is 0 Å². The monoisotopic (exact) mass is 369 g/mol. The number of benzene rings is 1. The lowest BCUT2D eigenvalue weighted by atomic mass is 10.1. The number of alkyl halides is 3. The second-order valence-electron chi connectivity index (χ2n) is 6.60. The summed E-state index contributed by atoms with van der Waals surface area (Å²) in [6.07, 6.45) is -3.68. The molecule has 140 valence electrons. The zero-order chi connectivity index (χ0) is 19.2. The van der Waals surface area contributed by atoms with Crippen molar-refractivity contribution in [3.63, 3.8) is 0 Å². The van der Waals surface area contributed by atoms with Crippen LogP contribution in [0.1, 0.15) is 48.9 Å². The first-order valence-corrected chi connectivity index (χ1v) is 8.24. The molecule has 1 aliphatic rings. The highest BCUT2D eigenvalue weighted by atomic mass is 19.4. The van der Waals surface area contributed by atoms with E-state index in [1.165, 1.54) is 23.1 Å². The van der Waals surface area contributed by atoms with Gasteiger partial charge in [0.15, 0.2) is 0 Å². The highest BCUT2D eigenvalue weighted by Crippen LogP contribution is 2.34. The molecule has 1 atom stereocenters. The molecule has 26 heavy (non-hydrogen) atoms. The number of carboxylic acid groups (broad SMARTS) is 1. The molecule has 1 amide bonds. The Balaban J connectivity index is 2.05. The fourth-order valence-corrected chi connectivity index (χ4v) is 3.39. The maximum absolute atomic E-state index is 13.3. The number of aliphatic carboxylic acids is 1. The Hall–Kier alpha value is -2.58. The molecule has 1 N–H and O–H groups in total. The molecule has 6 nitrogen and oxygen atoms in total. The van der Waals surface area contributed by atoms with Gasteiger partial charge >= 0.3 is 12.1 Å². The fourth-order valence-electron chi connectivity index (χ4n) is 3.39. The third-order valence-corrected chi connectivity index (χ3v) is 4.51. The Bertz CT molecular complexity index is 873. The van der Waals surface area contributed by atoms with Crippen LogP contribution in [0.5, 0.6) is 0 Å². The molecule has 1 fully saturated rings. The van der Waals surface area contributed by atoms with Crippen molar-refractivity contribution in [1.29, 1.82) is 0 Å². The van der Waals surface area contributed by atoms with Crippen molar-refractivity contribution in [2.24, 2.45) is 0 Å². The molecule has 0 aliphatic carbocycles. The van der Waals surface area contributed by atoms with Crippen LogP contribution in [0.25, 0.3) is 11.0 Å². The Morgan fingerprint density at radius 2 is 2.00 bits per heavy atom. The molecule has 1 aromatic carbocycles. The predicted octanol–water partition coefficient (Wildman–Crippen LogP) is 3.33. The molecule has 0 bridgehead atoms. The van der Waals surface area contributed by atoms with Gasteiger partial charge in [-0.3, -0.25) is 4.79 Å². The van der Waals surface area contributed by atoms with E-state index < -0.39 is 36.0 Å². The molecule has 0 unspecified atom stereocenters. The molecule has 2 heterocycles. The van der Waals surface area contributed by atoms with Crippen molar-refractivity contribution in [3.8, 4) is 0 Å². The summed E-state index contributed by atoms with van der Waals surface area (Å²) in [6, 6.07) is 2.77. The second-order valence-corrected chi connectivity index (χ2v) is 6.60. The number of likely N-dealkylation sites (tertiary alicyclic amines) is 1. The number of amides is 1. The Labute approximate surface area is 147 Å². The molecule has 1 aliphatic heterocycles. The smallest absolute Gasteiger partial charge is 0.449 e. The van der Waals surface area contributed by atoms with Gasteiger partial charge in [-0.1, -0.05) is 0 Å². The van der Waals surface area contributed by atoms with Crippen LogP contribution in [0, 0.1) is 0 Å². The molecular weight excluding hydrogens is 351 g/mol. The van der Waals surface area contributed by atoms with E-state index in [-0.39, 0.29) is 16.6 Å². The van der Waals surface area contributed by atoms with Crippen LogP contribution < -0.4 is 0 Å². The van der Waals surface area contributed by atoms with Crippen molar-refractivity contribution in [2.45, 2.75) is 44.9 Å². The van der Waals surface area contributed by atoms with Gasteiger partial charge in [-0.05, 0) is 44.9 Å². The van der Waals surface area contributed by atoms with E-state index in [9.17, 15) is 27.9 Å². The number of nitrogens with zero attached hydrogens (tertiary/aromatic N) is 3. The van der Waals surface area contributed by atoms with Crippen LogP contribution in [0.3, 0.4) is 0 Å². The fraction of sp³-hybridized carbons (Fsp3) is 0.471. The number of hydrogen-bond acceptors (Lipinski definition) is 3. The van der Waals surface area contributed by atoms with Crippen molar-refractivity contribution >= 4 is 22.9 Å². The first-order chi connectivity index (χ1) is 12.1. The summed E-state index contributed by atoms with van der Waals surface area (Å²) in [4.78, 5) is 28.8. The summed E-state index contributed by atoms with van der Waals surface area (Å²) < 4.78 is 40.9. The van der Waals surface area contributed by atoms with Crippen molar-refractivity contribution in [2.75, 3.05) is 6.54 Å². The van der Waals surface area contributed by atoms with Crippen LogP contribution in [0.4, 0.5) is 13.2 Å². The van der Waals surface area contributed by atoms with Gasteiger partial charge < -0.3 is 14.6 Å². The Morgan fingerprint density at radius 3 is 2.58 bits per heavy atom. The third kappa shape index (κ3) is 3.02. The first kappa shape index (κ1) is 18.2. The summed E-state index contributed by atoms with van der Waals surface area (Å²) in [5, 5.41) is 9.21. The average molecular weight is 369 g/mol. The number of halogens is 3. The summed E-state index contributed by atoms with van der Waals surface area (Å²) in [5.74, 6) is -2.61. The highest BCUT2D eigenvalue weighted by Gasteiger charge is 2.39. The van der Waals surface area contributed by atoms with Gasteiger partial charge in [0.2, 0.25) is 5.82 Å². The summed E-state index contributed by atoms with van der Waals surface area (Å²) in [6.45, 7) is 3.55. The lowest BCUT2D eigenvalue weighted by Gasteiger charge is -2.21. The van der Waals surface area contributed by atoms with Crippen LogP contribution >= 0.6 is 0 Å². The van der Waals surface area contributed by atoms with Gasteiger partial charge in [0, 0.05) is 18.2 Å². The predicted molar refractivity (Wildman–Crippen MR) is 86.8 cm³/mol. The SMILES string of the molecule is CC(C)n1c(C(F)(F)F)nc2cc(C(=O)N3CCC[C@H]3C(=O)O)ccc21. The van der Waals surface area contributed by atoms with Gasteiger partial charge in [0.05, 0.1) is 11.0 Å².